The summed E-state index contributed by atoms with van der Waals surface area (Å²) >= 11 is 0. The number of aliphatic carboxylic acids is 1. The standard InChI is InChI=1S/C30H43NO3/c1-4-6-7-8-9-10-11-12-23-34-28-15-13-26(14-16-28)24-31-27-17-20-30(21-18-27,25(3)5-2)22-19-29(32)33/h13-20,22,24-25H,4-12,21,23H2,1-3H3,(H,32,33)/b22-19+,31-24?. The summed E-state index contributed by atoms with van der Waals surface area (Å²) in [6.45, 7) is 7.33. The van der Waals surface area contributed by atoms with Crippen LogP contribution in [-0.4, -0.2) is 23.9 Å². The maximum atomic E-state index is 11.0. The highest BCUT2D eigenvalue weighted by molar-refractivity contribution is 5.81. The Kier molecular flexibility index (Phi) is 12.4. The lowest BCUT2D eigenvalue weighted by Gasteiger charge is -2.34. The van der Waals surface area contributed by atoms with Gasteiger partial charge in [-0.2, -0.15) is 0 Å². The van der Waals surface area contributed by atoms with Crippen molar-refractivity contribution in [3.05, 3.63) is 65.9 Å². The molecule has 1 aromatic carbocycles. The summed E-state index contributed by atoms with van der Waals surface area (Å²) in [6, 6.07) is 8.06. The number of benzene rings is 1. The first kappa shape index (κ1) is 27.6. The number of rotatable bonds is 16. The molecule has 1 aliphatic carbocycles. The van der Waals surface area contributed by atoms with Gasteiger partial charge in [-0.05, 0) is 54.7 Å². The summed E-state index contributed by atoms with van der Waals surface area (Å²) in [5.74, 6) is 0.342. The number of carboxylic acids is 1. The summed E-state index contributed by atoms with van der Waals surface area (Å²) < 4.78 is 5.88. The van der Waals surface area contributed by atoms with Crippen LogP contribution >= 0.6 is 0 Å². The van der Waals surface area contributed by atoms with E-state index in [2.05, 4.69) is 37.9 Å². The van der Waals surface area contributed by atoms with E-state index in [1.54, 1.807) is 0 Å². The van der Waals surface area contributed by atoms with Crippen LogP contribution < -0.4 is 4.74 Å². The highest BCUT2D eigenvalue weighted by Crippen LogP contribution is 2.40. The first-order valence-corrected chi connectivity index (χ1v) is 13.1. The molecule has 34 heavy (non-hydrogen) atoms. The van der Waals surface area contributed by atoms with Crippen LogP contribution in [0.4, 0.5) is 0 Å². The van der Waals surface area contributed by atoms with Crippen LogP contribution in [0.2, 0.25) is 0 Å². The van der Waals surface area contributed by atoms with Crippen molar-refractivity contribution in [1.29, 1.82) is 0 Å². The van der Waals surface area contributed by atoms with Gasteiger partial charge in [-0.3, -0.25) is 4.99 Å². The van der Waals surface area contributed by atoms with E-state index in [1.807, 2.05) is 42.6 Å². The van der Waals surface area contributed by atoms with E-state index in [0.29, 0.717) is 5.92 Å². The molecular formula is C30H43NO3. The number of hydrogen-bond donors (Lipinski definition) is 1. The average Bonchev–Trinajstić information content (AvgIpc) is 2.86. The number of allylic oxidation sites excluding steroid dienone is 4. The molecule has 2 unspecified atom stereocenters. The normalized spacial score (nSPS) is 19.0. The van der Waals surface area contributed by atoms with Crippen molar-refractivity contribution in [3.63, 3.8) is 0 Å². The summed E-state index contributed by atoms with van der Waals surface area (Å²) in [7, 11) is 0. The lowest BCUT2D eigenvalue weighted by molar-refractivity contribution is -0.131. The van der Waals surface area contributed by atoms with E-state index >= 15 is 0 Å². The molecule has 4 heteroatoms. The van der Waals surface area contributed by atoms with E-state index in [0.717, 1.165) is 42.9 Å². The van der Waals surface area contributed by atoms with Crippen LogP contribution in [0, 0.1) is 11.3 Å². The minimum Gasteiger partial charge on any atom is -0.494 e. The second-order valence-corrected chi connectivity index (χ2v) is 9.41. The number of aliphatic imine (C=N–C) groups is 1. The fourth-order valence-electron chi connectivity index (χ4n) is 4.24. The second kappa shape index (κ2) is 15.3. The SMILES string of the molecule is CCCCCCCCCCOc1ccc(C=NC2=CCC(/C=C/C(=O)O)(C(C)CC)C=C2)cc1. The van der Waals surface area contributed by atoms with Gasteiger partial charge in [0.1, 0.15) is 5.75 Å². The van der Waals surface area contributed by atoms with Crippen molar-refractivity contribution in [2.45, 2.75) is 85.0 Å². The number of unbranched alkanes of at least 4 members (excludes halogenated alkanes) is 7. The van der Waals surface area contributed by atoms with Gasteiger partial charge in [-0.15, -0.1) is 0 Å². The number of hydrogen-bond acceptors (Lipinski definition) is 3. The molecule has 0 saturated carbocycles. The van der Waals surface area contributed by atoms with Crippen molar-refractivity contribution in [2.24, 2.45) is 16.3 Å². The Morgan fingerprint density at radius 1 is 1.09 bits per heavy atom. The number of carboxylic acid groups (broad SMARTS) is 1. The maximum Gasteiger partial charge on any atom is 0.328 e. The van der Waals surface area contributed by atoms with Crippen molar-refractivity contribution in [3.8, 4) is 5.75 Å². The fraction of sp³-hybridized carbons (Fsp3) is 0.533. The Morgan fingerprint density at radius 3 is 2.35 bits per heavy atom. The summed E-state index contributed by atoms with van der Waals surface area (Å²) in [5.41, 5.74) is 1.66. The third kappa shape index (κ3) is 9.70. The Balaban J connectivity index is 1.78. The third-order valence-corrected chi connectivity index (χ3v) is 6.80. The fourth-order valence-corrected chi connectivity index (χ4v) is 4.24. The number of ether oxygens (including phenoxy) is 1. The summed E-state index contributed by atoms with van der Waals surface area (Å²) in [6.07, 6.45) is 23.3. The zero-order chi connectivity index (χ0) is 24.7. The molecule has 0 bridgehead atoms. The quantitative estimate of drug-likeness (QED) is 0.152. The highest BCUT2D eigenvalue weighted by atomic mass is 16.5. The molecule has 0 radical (unpaired) electrons. The van der Waals surface area contributed by atoms with E-state index in [4.69, 9.17) is 9.84 Å². The van der Waals surface area contributed by atoms with Gasteiger partial charge in [0, 0.05) is 17.7 Å². The predicted octanol–water partition coefficient (Wildman–Crippen LogP) is 8.14. The van der Waals surface area contributed by atoms with E-state index in [-0.39, 0.29) is 5.41 Å². The molecule has 4 nitrogen and oxygen atoms in total. The Morgan fingerprint density at radius 2 is 1.76 bits per heavy atom. The van der Waals surface area contributed by atoms with Gasteiger partial charge in [-0.1, -0.05) is 90.4 Å². The molecule has 1 aliphatic rings. The van der Waals surface area contributed by atoms with E-state index in [9.17, 15) is 4.79 Å². The van der Waals surface area contributed by atoms with Crippen LogP contribution in [0.5, 0.6) is 5.75 Å². The van der Waals surface area contributed by atoms with Crippen LogP contribution in [0.15, 0.2) is 65.3 Å². The second-order valence-electron chi connectivity index (χ2n) is 9.41. The van der Waals surface area contributed by atoms with Crippen molar-refractivity contribution >= 4 is 12.2 Å². The number of carbonyl (C=O) groups is 1. The van der Waals surface area contributed by atoms with Gasteiger partial charge < -0.3 is 9.84 Å². The molecule has 1 aromatic rings. The predicted molar refractivity (Wildman–Crippen MR) is 143 cm³/mol. The van der Waals surface area contributed by atoms with Gasteiger partial charge >= 0.3 is 5.97 Å². The molecular weight excluding hydrogens is 422 g/mol. The Hall–Kier alpha value is -2.62. The molecule has 1 N–H and O–H groups in total. The molecule has 0 heterocycles. The van der Waals surface area contributed by atoms with Crippen molar-refractivity contribution < 1.29 is 14.6 Å². The molecule has 0 spiro atoms. The topological polar surface area (TPSA) is 58.9 Å². The first-order chi connectivity index (χ1) is 16.5. The van der Waals surface area contributed by atoms with Crippen LogP contribution in [0.25, 0.3) is 0 Å². The van der Waals surface area contributed by atoms with Crippen LogP contribution in [-0.2, 0) is 4.79 Å². The summed E-state index contributed by atoms with van der Waals surface area (Å²) in [4.78, 5) is 15.6. The molecule has 2 atom stereocenters. The molecule has 186 valence electrons. The third-order valence-electron chi connectivity index (χ3n) is 6.80. The molecule has 0 saturated heterocycles. The Bertz CT molecular complexity index is 850. The lowest BCUT2D eigenvalue weighted by Crippen LogP contribution is -2.25. The number of nitrogens with zero attached hydrogens (tertiary/aromatic N) is 1. The molecule has 0 amide bonds. The molecule has 2 rings (SSSR count). The van der Waals surface area contributed by atoms with Crippen LogP contribution in [0.1, 0.15) is 90.5 Å². The minimum atomic E-state index is -0.908. The van der Waals surface area contributed by atoms with Gasteiger partial charge in [0.25, 0.3) is 0 Å². The minimum absolute atomic E-state index is 0.264. The Labute approximate surface area is 206 Å². The lowest BCUT2D eigenvalue weighted by atomic mass is 9.70. The first-order valence-electron chi connectivity index (χ1n) is 13.1. The van der Waals surface area contributed by atoms with Crippen molar-refractivity contribution in [1.82, 2.24) is 0 Å². The molecule has 0 aliphatic heterocycles. The maximum absolute atomic E-state index is 11.0. The zero-order valence-electron chi connectivity index (χ0n) is 21.3. The molecule has 0 fully saturated rings. The van der Waals surface area contributed by atoms with Crippen molar-refractivity contribution in [2.75, 3.05) is 6.61 Å². The van der Waals surface area contributed by atoms with E-state index in [1.165, 1.54) is 51.0 Å². The summed E-state index contributed by atoms with van der Waals surface area (Å²) in [5, 5.41) is 9.05. The van der Waals surface area contributed by atoms with Gasteiger partial charge in [0.2, 0.25) is 0 Å². The zero-order valence-corrected chi connectivity index (χ0v) is 21.3. The van der Waals surface area contributed by atoms with Gasteiger partial charge in [0.05, 0.1) is 12.3 Å². The monoisotopic (exact) mass is 465 g/mol. The largest absolute Gasteiger partial charge is 0.494 e. The van der Waals surface area contributed by atoms with Gasteiger partial charge in [-0.25, -0.2) is 4.79 Å². The smallest absolute Gasteiger partial charge is 0.328 e. The highest BCUT2D eigenvalue weighted by Gasteiger charge is 2.31. The van der Waals surface area contributed by atoms with E-state index < -0.39 is 5.97 Å². The van der Waals surface area contributed by atoms with Gasteiger partial charge in [0.15, 0.2) is 0 Å². The van der Waals surface area contributed by atoms with Crippen LogP contribution in [0.3, 0.4) is 0 Å². The average molecular weight is 466 g/mol. The molecule has 0 aromatic heterocycles.